The number of hydrogen-bond acceptors (Lipinski definition) is 6. The summed E-state index contributed by atoms with van der Waals surface area (Å²) >= 11 is 10.8. The first-order valence-electron chi connectivity index (χ1n) is 9.18. The Hall–Kier alpha value is -2.56. The van der Waals surface area contributed by atoms with Crippen LogP contribution in [-0.2, 0) is 13.0 Å². The number of nitrogens with one attached hydrogen (secondary N) is 2. The zero-order valence-electron chi connectivity index (χ0n) is 15.8. The first-order chi connectivity index (χ1) is 15.0. The molecule has 0 unspecified atom stereocenters. The molecule has 2 N–H and O–H groups in total. The molecule has 5 rings (SSSR count). The van der Waals surface area contributed by atoms with E-state index in [1.54, 1.807) is 23.0 Å². The zero-order chi connectivity index (χ0) is 21.5. The molecule has 0 spiro atoms. The van der Waals surface area contributed by atoms with E-state index in [0.29, 0.717) is 51.4 Å². The summed E-state index contributed by atoms with van der Waals surface area (Å²) < 4.78 is 27.6. The van der Waals surface area contributed by atoms with E-state index in [1.165, 1.54) is 17.8 Å². The fourth-order valence-corrected chi connectivity index (χ4v) is 4.76. The molecule has 3 heterocycles. The van der Waals surface area contributed by atoms with Crippen molar-refractivity contribution in [3.8, 4) is 11.5 Å². The van der Waals surface area contributed by atoms with Crippen molar-refractivity contribution in [2.45, 2.75) is 23.0 Å². The van der Waals surface area contributed by atoms with Crippen molar-refractivity contribution in [1.82, 2.24) is 19.5 Å². The predicted octanol–water partition coefficient (Wildman–Crippen LogP) is 4.92. The van der Waals surface area contributed by atoms with Gasteiger partial charge in [-0.25, -0.2) is 14.4 Å². The van der Waals surface area contributed by atoms with E-state index in [0.717, 1.165) is 9.37 Å². The lowest BCUT2D eigenvalue weighted by molar-refractivity contribution is 0.174. The fourth-order valence-electron chi connectivity index (χ4n) is 3.22. The second-order valence-corrected chi connectivity index (χ2v) is 9.07. The molecular formula is C20H14BrClFN5O2S. The molecular weight excluding hydrogens is 509 g/mol. The highest BCUT2D eigenvalue weighted by Gasteiger charge is 2.18. The van der Waals surface area contributed by atoms with E-state index in [2.05, 4.69) is 30.9 Å². The summed E-state index contributed by atoms with van der Waals surface area (Å²) in [6.07, 6.45) is 1.98. The molecule has 0 fully saturated rings. The Morgan fingerprint density at radius 1 is 1.26 bits per heavy atom. The molecule has 158 valence electrons. The van der Waals surface area contributed by atoms with E-state index in [1.807, 2.05) is 12.1 Å². The molecule has 2 aromatic carbocycles. The fraction of sp³-hybridized carbons (Fsp3) is 0.150. The van der Waals surface area contributed by atoms with Crippen LogP contribution in [0.3, 0.4) is 0 Å². The number of aromatic amines is 1. The van der Waals surface area contributed by atoms with E-state index in [-0.39, 0.29) is 18.1 Å². The minimum absolute atomic E-state index is 0.0908. The Morgan fingerprint density at radius 2 is 2.06 bits per heavy atom. The van der Waals surface area contributed by atoms with Crippen molar-refractivity contribution in [2.24, 2.45) is 0 Å². The Balaban J connectivity index is 1.44. The summed E-state index contributed by atoms with van der Waals surface area (Å²) in [6.45, 7) is 0.646. The summed E-state index contributed by atoms with van der Waals surface area (Å²) in [7, 11) is 0. The monoisotopic (exact) mass is 521 g/mol. The van der Waals surface area contributed by atoms with Gasteiger partial charge in [-0.05, 0) is 52.2 Å². The van der Waals surface area contributed by atoms with E-state index in [4.69, 9.17) is 26.5 Å². The van der Waals surface area contributed by atoms with Crippen LogP contribution >= 0.6 is 39.3 Å². The Bertz CT molecular complexity index is 1380. The SMILES string of the molecule is N=c1ncn(CCc2ccc(Cl)cc2F)c2nc(Sc3cc4c(cc3Br)OCO4)[nH]c12. The van der Waals surface area contributed by atoms with E-state index < -0.39 is 0 Å². The number of aromatic nitrogens is 4. The average Bonchev–Trinajstić information content (AvgIpc) is 3.36. The number of aryl methyl sites for hydroxylation is 2. The Kier molecular flexibility index (Phi) is 5.37. The Morgan fingerprint density at radius 3 is 2.87 bits per heavy atom. The lowest BCUT2D eigenvalue weighted by Crippen LogP contribution is -2.13. The molecule has 4 aromatic rings. The maximum absolute atomic E-state index is 14.1. The van der Waals surface area contributed by atoms with Crippen LogP contribution in [0, 0.1) is 11.2 Å². The molecule has 1 aliphatic rings. The highest BCUT2D eigenvalue weighted by Crippen LogP contribution is 2.42. The van der Waals surface area contributed by atoms with Crippen LogP contribution in [0.4, 0.5) is 4.39 Å². The van der Waals surface area contributed by atoms with Crippen LogP contribution in [0.2, 0.25) is 5.02 Å². The number of H-pyrrole nitrogens is 1. The van der Waals surface area contributed by atoms with Crippen LogP contribution in [-0.4, -0.2) is 26.3 Å². The number of halogens is 3. The van der Waals surface area contributed by atoms with Gasteiger partial charge in [0.05, 0.1) is 6.33 Å². The van der Waals surface area contributed by atoms with Gasteiger partial charge >= 0.3 is 0 Å². The number of fused-ring (bicyclic) bond motifs is 2. The van der Waals surface area contributed by atoms with Gasteiger partial charge in [0.2, 0.25) is 6.79 Å². The largest absolute Gasteiger partial charge is 0.454 e. The third-order valence-electron chi connectivity index (χ3n) is 4.77. The quantitative estimate of drug-likeness (QED) is 0.389. The number of benzene rings is 2. The highest BCUT2D eigenvalue weighted by molar-refractivity contribution is 9.10. The molecule has 0 radical (unpaired) electrons. The van der Waals surface area contributed by atoms with Crippen molar-refractivity contribution in [3.63, 3.8) is 0 Å². The molecule has 0 bridgehead atoms. The first kappa shape index (κ1) is 20.3. The van der Waals surface area contributed by atoms with Gasteiger partial charge in [-0.15, -0.1) is 0 Å². The van der Waals surface area contributed by atoms with Crippen LogP contribution in [0.25, 0.3) is 11.2 Å². The number of nitrogens with zero attached hydrogens (tertiary/aromatic N) is 3. The minimum atomic E-state index is -0.347. The van der Waals surface area contributed by atoms with Gasteiger partial charge in [-0.1, -0.05) is 29.4 Å². The lowest BCUT2D eigenvalue weighted by Gasteiger charge is -2.08. The molecule has 0 atom stereocenters. The first-order valence-corrected chi connectivity index (χ1v) is 11.2. The summed E-state index contributed by atoms with van der Waals surface area (Å²) in [4.78, 5) is 12.8. The normalized spacial score (nSPS) is 12.6. The maximum Gasteiger partial charge on any atom is 0.231 e. The summed E-state index contributed by atoms with van der Waals surface area (Å²) in [6, 6.07) is 8.37. The van der Waals surface area contributed by atoms with E-state index >= 15 is 0 Å². The van der Waals surface area contributed by atoms with Crippen LogP contribution in [0.15, 0.2) is 51.2 Å². The molecule has 2 aromatic heterocycles. The van der Waals surface area contributed by atoms with Crippen molar-refractivity contribution in [2.75, 3.05) is 6.79 Å². The molecule has 31 heavy (non-hydrogen) atoms. The van der Waals surface area contributed by atoms with Crippen molar-refractivity contribution in [1.29, 1.82) is 5.41 Å². The Labute approximate surface area is 193 Å². The van der Waals surface area contributed by atoms with Crippen LogP contribution < -0.4 is 15.0 Å². The van der Waals surface area contributed by atoms with Crippen LogP contribution in [0.5, 0.6) is 11.5 Å². The van der Waals surface area contributed by atoms with Gasteiger partial charge in [0.1, 0.15) is 11.3 Å². The summed E-state index contributed by atoms with van der Waals surface area (Å²) in [5.41, 5.74) is 1.73. The minimum Gasteiger partial charge on any atom is -0.454 e. The second-order valence-electron chi connectivity index (χ2n) is 6.75. The van der Waals surface area contributed by atoms with Gasteiger partial charge in [-0.2, -0.15) is 0 Å². The molecule has 7 nitrogen and oxygen atoms in total. The summed E-state index contributed by atoms with van der Waals surface area (Å²) in [5.74, 6) is 1.01. The van der Waals surface area contributed by atoms with Gasteiger partial charge in [0.15, 0.2) is 27.8 Å². The van der Waals surface area contributed by atoms with Crippen molar-refractivity contribution >= 4 is 50.5 Å². The number of ether oxygens (including phenoxy) is 2. The second kappa shape index (κ2) is 8.18. The number of hydrogen-bond donors (Lipinski definition) is 2. The third-order valence-corrected chi connectivity index (χ3v) is 6.87. The molecule has 0 amide bonds. The lowest BCUT2D eigenvalue weighted by atomic mass is 10.1. The van der Waals surface area contributed by atoms with Gasteiger partial charge < -0.3 is 19.0 Å². The summed E-state index contributed by atoms with van der Waals surface area (Å²) in [5, 5.41) is 9.09. The topological polar surface area (TPSA) is 88.8 Å². The maximum atomic E-state index is 14.1. The standard InChI is InChI=1S/C20H14BrClFN5O2S/c21-12-6-14-15(30-9-29-14)7-16(12)31-20-26-17-18(24)25-8-28(19(17)27-20)4-3-10-1-2-11(22)5-13(10)23/h1-2,5-8,24H,3-4,9H2,(H,26,27). The predicted molar refractivity (Wildman–Crippen MR) is 117 cm³/mol. The van der Waals surface area contributed by atoms with Crippen LogP contribution in [0.1, 0.15) is 5.56 Å². The molecule has 11 heteroatoms. The highest BCUT2D eigenvalue weighted by atomic mass is 79.9. The smallest absolute Gasteiger partial charge is 0.231 e. The molecule has 0 aliphatic carbocycles. The molecule has 0 saturated heterocycles. The number of imidazole rings is 1. The van der Waals surface area contributed by atoms with E-state index in [9.17, 15) is 4.39 Å². The van der Waals surface area contributed by atoms with Crippen molar-refractivity contribution < 1.29 is 13.9 Å². The molecule has 1 aliphatic heterocycles. The van der Waals surface area contributed by atoms with Gasteiger partial charge in [0.25, 0.3) is 0 Å². The average molecular weight is 523 g/mol. The zero-order valence-corrected chi connectivity index (χ0v) is 18.9. The molecule has 0 saturated carbocycles. The van der Waals surface area contributed by atoms with Gasteiger partial charge in [0, 0.05) is 20.9 Å². The van der Waals surface area contributed by atoms with Gasteiger partial charge in [-0.3, -0.25) is 5.41 Å². The third kappa shape index (κ3) is 4.02. The van der Waals surface area contributed by atoms with Crippen molar-refractivity contribution in [3.05, 3.63) is 63.0 Å². The number of rotatable bonds is 5.